The molecule has 0 aliphatic carbocycles. The first-order chi connectivity index (χ1) is 7.11. The molecule has 1 N–H and O–H groups in total. The number of rotatable bonds is 2. The molecule has 3 nitrogen and oxygen atoms in total. The van der Waals surface area contributed by atoms with E-state index in [1.165, 1.54) is 6.92 Å². The fourth-order valence-corrected chi connectivity index (χ4v) is 1.70. The Balaban J connectivity index is 2.41. The van der Waals surface area contributed by atoms with E-state index in [1.807, 2.05) is 18.2 Å². The average Bonchev–Trinajstić information content (AvgIpc) is 2.56. The Labute approximate surface area is 88.0 Å². The van der Waals surface area contributed by atoms with Crippen molar-refractivity contribution in [3.05, 3.63) is 47.5 Å². The first-order valence-electron chi connectivity index (χ1n) is 4.73. The van der Waals surface area contributed by atoms with Crippen molar-refractivity contribution in [1.29, 1.82) is 0 Å². The lowest BCUT2D eigenvalue weighted by atomic mass is 9.98. The molecule has 1 heterocycles. The van der Waals surface area contributed by atoms with Crippen molar-refractivity contribution in [3.8, 4) is 0 Å². The highest BCUT2D eigenvalue weighted by Gasteiger charge is 2.32. The first kappa shape index (κ1) is 10.1. The lowest BCUT2D eigenvalue weighted by Gasteiger charge is -2.11. The number of carbonyl (C=O) groups is 1. The molecule has 78 valence electrons. The maximum Gasteiger partial charge on any atom is 0.182 e. The summed E-state index contributed by atoms with van der Waals surface area (Å²) in [6.45, 7) is 5.13. The van der Waals surface area contributed by atoms with Crippen LogP contribution in [0.15, 0.2) is 36.4 Å². The summed E-state index contributed by atoms with van der Waals surface area (Å²) in [7, 11) is 0. The van der Waals surface area contributed by atoms with Crippen LogP contribution in [0.4, 0.5) is 0 Å². The van der Waals surface area contributed by atoms with Crippen LogP contribution in [0.3, 0.4) is 0 Å². The summed E-state index contributed by atoms with van der Waals surface area (Å²) in [6.07, 6.45) is -1.46. The number of ketones is 1. The van der Waals surface area contributed by atoms with Crippen molar-refractivity contribution < 1.29 is 14.6 Å². The largest absolute Gasteiger partial charge is 0.364 e. The standard InChI is InChI=1S/C12H12O3/c1-7(8(2)13)11-9-5-3-4-6-10(9)12(14)15-11/h3-6,11-12,14H,1H2,2H3. The third-order valence-corrected chi connectivity index (χ3v) is 2.58. The van der Waals surface area contributed by atoms with Crippen LogP contribution in [0.25, 0.3) is 0 Å². The van der Waals surface area contributed by atoms with Gasteiger partial charge in [-0.15, -0.1) is 0 Å². The summed E-state index contributed by atoms with van der Waals surface area (Å²) in [4.78, 5) is 11.2. The maximum absolute atomic E-state index is 11.2. The minimum absolute atomic E-state index is 0.121. The van der Waals surface area contributed by atoms with Crippen LogP contribution in [-0.2, 0) is 9.53 Å². The van der Waals surface area contributed by atoms with Crippen LogP contribution < -0.4 is 0 Å². The van der Waals surface area contributed by atoms with Crippen LogP contribution in [0.5, 0.6) is 0 Å². The summed E-state index contributed by atoms with van der Waals surface area (Å²) in [5.74, 6) is -0.121. The Hall–Kier alpha value is -1.45. The summed E-state index contributed by atoms with van der Waals surface area (Å²) in [5.41, 5.74) is 1.91. The SMILES string of the molecule is C=C(C(C)=O)C1OC(O)c2ccccc21. The van der Waals surface area contributed by atoms with Crippen molar-refractivity contribution in [2.45, 2.75) is 19.3 Å². The molecule has 0 spiro atoms. The molecule has 0 fully saturated rings. The van der Waals surface area contributed by atoms with Crippen molar-refractivity contribution in [2.24, 2.45) is 0 Å². The van der Waals surface area contributed by atoms with E-state index in [1.54, 1.807) is 6.07 Å². The molecule has 1 aromatic carbocycles. The van der Waals surface area contributed by atoms with Crippen LogP contribution in [0.2, 0.25) is 0 Å². The Morgan fingerprint density at radius 1 is 1.40 bits per heavy atom. The molecule has 1 aliphatic heterocycles. The van der Waals surface area contributed by atoms with E-state index < -0.39 is 12.4 Å². The summed E-state index contributed by atoms with van der Waals surface area (Å²) in [5, 5.41) is 9.61. The number of carbonyl (C=O) groups excluding carboxylic acids is 1. The highest BCUT2D eigenvalue weighted by atomic mass is 16.6. The van der Waals surface area contributed by atoms with E-state index in [0.717, 1.165) is 5.56 Å². The maximum atomic E-state index is 11.2. The van der Waals surface area contributed by atoms with Crippen LogP contribution in [-0.4, -0.2) is 10.9 Å². The molecule has 0 amide bonds. The van der Waals surface area contributed by atoms with Gasteiger partial charge in [0.25, 0.3) is 0 Å². The monoisotopic (exact) mass is 204 g/mol. The van der Waals surface area contributed by atoms with E-state index in [4.69, 9.17) is 4.74 Å². The van der Waals surface area contributed by atoms with E-state index in [2.05, 4.69) is 6.58 Å². The minimum Gasteiger partial charge on any atom is -0.364 e. The Bertz CT molecular complexity index is 423. The van der Waals surface area contributed by atoms with Crippen LogP contribution in [0.1, 0.15) is 30.4 Å². The predicted molar refractivity (Wildman–Crippen MR) is 55.0 cm³/mol. The fourth-order valence-electron chi connectivity index (χ4n) is 1.70. The molecular formula is C12H12O3. The molecule has 1 aromatic rings. The number of aliphatic hydroxyl groups is 1. The molecule has 3 heteroatoms. The average molecular weight is 204 g/mol. The Morgan fingerprint density at radius 3 is 2.60 bits per heavy atom. The molecule has 0 radical (unpaired) electrons. The van der Waals surface area contributed by atoms with Gasteiger partial charge < -0.3 is 9.84 Å². The van der Waals surface area contributed by atoms with Gasteiger partial charge in [0.2, 0.25) is 0 Å². The topological polar surface area (TPSA) is 46.5 Å². The highest BCUT2D eigenvalue weighted by molar-refractivity contribution is 5.94. The number of ether oxygens (including phenoxy) is 1. The molecule has 2 rings (SSSR count). The van der Waals surface area contributed by atoms with Gasteiger partial charge in [-0.3, -0.25) is 4.79 Å². The highest BCUT2D eigenvalue weighted by Crippen LogP contribution is 2.40. The second-order valence-electron chi connectivity index (χ2n) is 3.58. The second-order valence-corrected chi connectivity index (χ2v) is 3.58. The van der Waals surface area contributed by atoms with Gasteiger partial charge in [0.1, 0.15) is 6.10 Å². The minimum atomic E-state index is -0.956. The van der Waals surface area contributed by atoms with Gasteiger partial charge in [0, 0.05) is 11.1 Å². The quantitative estimate of drug-likeness (QED) is 0.748. The van der Waals surface area contributed by atoms with Crippen molar-refractivity contribution >= 4 is 5.78 Å². The van der Waals surface area contributed by atoms with Crippen molar-refractivity contribution in [2.75, 3.05) is 0 Å². The Morgan fingerprint density at radius 2 is 2.00 bits per heavy atom. The predicted octanol–water partition coefficient (Wildman–Crippen LogP) is 1.89. The molecule has 2 atom stereocenters. The molecule has 0 bridgehead atoms. The lowest BCUT2D eigenvalue weighted by molar-refractivity contribution is -0.123. The van der Waals surface area contributed by atoms with Crippen LogP contribution >= 0.6 is 0 Å². The normalized spacial score (nSPS) is 23.6. The Kier molecular flexibility index (Phi) is 2.42. The zero-order chi connectivity index (χ0) is 11.0. The van der Waals surface area contributed by atoms with E-state index in [0.29, 0.717) is 11.1 Å². The molecule has 0 aromatic heterocycles. The van der Waals surface area contributed by atoms with E-state index >= 15 is 0 Å². The molecule has 0 saturated heterocycles. The van der Waals surface area contributed by atoms with Gasteiger partial charge >= 0.3 is 0 Å². The third-order valence-electron chi connectivity index (χ3n) is 2.58. The molecule has 0 saturated carbocycles. The lowest BCUT2D eigenvalue weighted by Crippen LogP contribution is -2.07. The third kappa shape index (κ3) is 1.60. The molecule has 1 aliphatic rings. The fraction of sp³-hybridized carbons (Fsp3) is 0.250. The number of Topliss-reactive ketones (excluding diaryl/α,β-unsaturated/α-hetero) is 1. The van der Waals surface area contributed by atoms with Crippen molar-refractivity contribution in [1.82, 2.24) is 0 Å². The summed E-state index contributed by atoms with van der Waals surface area (Å²) in [6, 6.07) is 7.29. The molecule has 2 unspecified atom stereocenters. The van der Waals surface area contributed by atoms with Crippen molar-refractivity contribution in [3.63, 3.8) is 0 Å². The van der Waals surface area contributed by atoms with E-state index in [9.17, 15) is 9.90 Å². The van der Waals surface area contributed by atoms with Gasteiger partial charge in [0.05, 0.1) is 0 Å². The number of hydrogen-bond donors (Lipinski definition) is 1. The van der Waals surface area contributed by atoms with Crippen LogP contribution in [0, 0.1) is 0 Å². The molecular weight excluding hydrogens is 192 g/mol. The second kappa shape index (κ2) is 3.61. The zero-order valence-corrected chi connectivity index (χ0v) is 8.43. The van der Waals surface area contributed by atoms with Gasteiger partial charge in [-0.25, -0.2) is 0 Å². The summed E-state index contributed by atoms with van der Waals surface area (Å²) >= 11 is 0. The number of aliphatic hydroxyl groups excluding tert-OH is 1. The first-order valence-corrected chi connectivity index (χ1v) is 4.73. The van der Waals surface area contributed by atoms with Gasteiger partial charge in [-0.2, -0.15) is 0 Å². The van der Waals surface area contributed by atoms with Gasteiger partial charge in [-0.05, 0) is 12.5 Å². The number of fused-ring (bicyclic) bond motifs is 1. The summed E-state index contributed by atoms with van der Waals surface area (Å²) < 4.78 is 5.29. The van der Waals surface area contributed by atoms with Gasteiger partial charge in [-0.1, -0.05) is 30.8 Å². The number of benzene rings is 1. The van der Waals surface area contributed by atoms with E-state index in [-0.39, 0.29) is 5.78 Å². The number of hydrogen-bond acceptors (Lipinski definition) is 3. The smallest absolute Gasteiger partial charge is 0.182 e. The molecule has 15 heavy (non-hydrogen) atoms. The van der Waals surface area contributed by atoms with Gasteiger partial charge in [0.15, 0.2) is 12.1 Å². The zero-order valence-electron chi connectivity index (χ0n) is 8.43.